The number of carbonyl (C=O) groups excluding carboxylic acids is 2. The number of likely N-dealkylation sites (N-methyl/N-ethyl adjacent to an activating group) is 1. The predicted molar refractivity (Wildman–Crippen MR) is 229 cm³/mol. The Morgan fingerprint density at radius 1 is 0.564 bits per heavy atom. The number of hydrogen-bond donors (Lipinski definition) is 1. The van der Waals surface area contributed by atoms with Crippen molar-refractivity contribution < 1.29 is 38.2 Å². The zero-order valence-corrected chi connectivity index (χ0v) is 36.1. The van der Waals surface area contributed by atoms with E-state index in [4.69, 9.17) is 14.2 Å². The van der Waals surface area contributed by atoms with Crippen molar-refractivity contribution in [1.29, 1.82) is 0 Å². The highest BCUT2D eigenvalue weighted by molar-refractivity contribution is 5.72. The summed E-state index contributed by atoms with van der Waals surface area (Å²) in [5, 5.41) is 9.61. The monoisotopic (exact) mass is 775 g/mol. The number of allylic oxidation sites excluding steroid dienone is 8. The lowest BCUT2D eigenvalue weighted by atomic mass is 10.1. The molecule has 0 aliphatic rings. The predicted octanol–water partition coefficient (Wildman–Crippen LogP) is 12.0. The SMILES string of the molecule is CC/C=C/C/C=C/C/C=C/CCCCCCC(=O)OC(COCCC(C(=O)O)[N+](C)(C)C)COC(=O)CCCCCCCCC/C=C/CCCCCCCC. The summed E-state index contributed by atoms with van der Waals surface area (Å²) in [7, 11) is 5.51. The van der Waals surface area contributed by atoms with Crippen molar-refractivity contribution >= 4 is 17.9 Å². The number of nitrogens with zero attached hydrogens (tertiary/aromatic N) is 1. The number of rotatable bonds is 39. The molecule has 0 spiro atoms. The Labute approximate surface area is 337 Å². The zero-order chi connectivity index (χ0) is 40.7. The molecule has 1 N–H and O–H groups in total. The van der Waals surface area contributed by atoms with Crippen molar-refractivity contribution in [1.82, 2.24) is 0 Å². The molecule has 0 bridgehead atoms. The van der Waals surface area contributed by atoms with Crippen LogP contribution in [-0.4, -0.2) is 80.6 Å². The second kappa shape index (κ2) is 38.2. The minimum absolute atomic E-state index is 0.0500. The highest BCUT2D eigenvalue weighted by Gasteiger charge is 2.31. The Bertz CT molecular complexity index is 1040. The molecule has 0 saturated carbocycles. The minimum Gasteiger partial charge on any atom is -0.477 e. The van der Waals surface area contributed by atoms with E-state index >= 15 is 0 Å². The van der Waals surface area contributed by atoms with Gasteiger partial charge in [-0.25, -0.2) is 4.79 Å². The zero-order valence-electron chi connectivity index (χ0n) is 36.1. The Kier molecular flexibility index (Phi) is 36.3. The third-order valence-electron chi connectivity index (χ3n) is 9.71. The first kappa shape index (κ1) is 52.3. The van der Waals surface area contributed by atoms with Gasteiger partial charge in [0, 0.05) is 19.3 Å². The molecule has 0 heterocycles. The first-order valence-corrected chi connectivity index (χ1v) is 22.2. The van der Waals surface area contributed by atoms with E-state index in [1.807, 2.05) is 21.1 Å². The molecule has 2 unspecified atom stereocenters. The molecular formula is C47H84NO7+. The number of aliphatic carboxylic acids is 1. The summed E-state index contributed by atoms with van der Waals surface area (Å²) in [4.78, 5) is 37.0. The molecule has 318 valence electrons. The van der Waals surface area contributed by atoms with Gasteiger partial charge in [-0.2, -0.15) is 0 Å². The van der Waals surface area contributed by atoms with Crippen molar-refractivity contribution in [3.05, 3.63) is 48.6 Å². The lowest BCUT2D eigenvalue weighted by molar-refractivity contribution is -0.887. The molecule has 8 heteroatoms. The molecular weight excluding hydrogens is 691 g/mol. The molecule has 0 rings (SSSR count). The molecule has 0 saturated heterocycles. The van der Waals surface area contributed by atoms with Crippen LogP contribution in [0.3, 0.4) is 0 Å². The molecule has 8 nitrogen and oxygen atoms in total. The van der Waals surface area contributed by atoms with Crippen LogP contribution in [0.5, 0.6) is 0 Å². The van der Waals surface area contributed by atoms with Crippen LogP contribution < -0.4 is 0 Å². The molecule has 0 amide bonds. The molecule has 0 radical (unpaired) electrons. The van der Waals surface area contributed by atoms with E-state index in [0.29, 0.717) is 19.3 Å². The number of quaternary nitrogens is 1. The van der Waals surface area contributed by atoms with Gasteiger partial charge in [-0.3, -0.25) is 9.59 Å². The topological polar surface area (TPSA) is 99.1 Å². The van der Waals surface area contributed by atoms with Gasteiger partial charge in [0.05, 0.1) is 34.4 Å². The molecule has 0 aliphatic heterocycles. The summed E-state index contributed by atoms with van der Waals surface area (Å²) < 4.78 is 17.2. The Morgan fingerprint density at radius 3 is 1.53 bits per heavy atom. The highest BCUT2D eigenvalue weighted by Crippen LogP contribution is 2.14. The molecule has 0 aromatic rings. The maximum absolute atomic E-state index is 12.7. The fraction of sp³-hybridized carbons (Fsp3) is 0.766. The van der Waals surface area contributed by atoms with Crippen LogP contribution in [0.15, 0.2) is 48.6 Å². The van der Waals surface area contributed by atoms with Gasteiger partial charge in [-0.05, 0) is 70.6 Å². The van der Waals surface area contributed by atoms with Crippen LogP contribution >= 0.6 is 0 Å². The van der Waals surface area contributed by atoms with Crippen molar-refractivity contribution in [2.45, 2.75) is 193 Å². The first-order chi connectivity index (χ1) is 26.6. The van der Waals surface area contributed by atoms with Crippen LogP contribution in [0, 0.1) is 0 Å². The standard InChI is InChI=1S/C47H83NO7/c1-6-8-10-12-14-16-18-20-22-23-24-26-27-29-31-33-35-37-45(49)54-42-43(41-53-40-39-44(47(51)52)48(3,4)5)55-46(50)38-36-34-32-30-28-25-21-19-17-15-13-11-9-7-2/h9,11,15,17,20-22,25,43-44H,6-8,10,12-14,16,18-19,23-24,26-42H2,1-5H3/p+1/b11-9+,17-15+,22-20+,25-21+. The largest absolute Gasteiger partial charge is 0.477 e. The van der Waals surface area contributed by atoms with Crippen molar-refractivity contribution in [2.75, 3.05) is 41.0 Å². The average Bonchev–Trinajstić information content (AvgIpc) is 3.14. The normalized spacial score (nSPS) is 13.4. The number of hydrogen-bond acceptors (Lipinski definition) is 6. The molecule has 55 heavy (non-hydrogen) atoms. The van der Waals surface area contributed by atoms with E-state index in [1.54, 1.807) is 0 Å². The van der Waals surface area contributed by atoms with Crippen LogP contribution in [-0.2, 0) is 28.6 Å². The van der Waals surface area contributed by atoms with Crippen LogP contribution in [0.2, 0.25) is 0 Å². The summed E-state index contributed by atoms with van der Waals surface area (Å²) in [5.41, 5.74) is 0. The number of carboxylic acid groups (broad SMARTS) is 1. The third kappa shape index (κ3) is 36.7. The fourth-order valence-electron chi connectivity index (χ4n) is 6.28. The van der Waals surface area contributed by atoms with Gasteiger partial charge >= 0.3 is 17.9 Å². The lowest BCUT2D eigenvalue weighted by Crippen LogP contribution is -2.50. The van der Waals surface area contributed by atoms with E-state index in [9.17, 15) is 19.5 Å². The smallest absolute Gasteiger partial charge is 0.362 e. The maximum Gasteiger partial charge on any atom is 0.362 e. The van der Waals surface area contributed by atoms with Crippen LogP contribution in [0.25, 0.3) is 0 Å². The molecule has 0 fully saturated rings. The third-order valence-corrected chi connectivity index (χ3v) is 9.71. The van der Waals surface area contributed by atoms with E-state index in [1.165, 1.54) is 77.0 Å². The van der Waals surface area contributed by atoms with E-state index < -0.39 is 18.1 Å². The molecule has 0 aromatic carbocycles. The summed E-state index contributed by atoms with van der Waals surface area (Å²) in [6, 6.07) is -0.620. The van der Waals surface area contributed by atoms with Gasteiger partial charge < -0.3 is 23.8 Å². The summed E-state index contributed by atoms with van der Waals surface area (Å²) in [6.45, 7) is 4.59. The van der Waals surface area contributed by atoms with Gasteiger partial charge in [-0.15, -0.1) is 0 Å². The quantitative estimate of drug-likeness (QED) is 0.0287. The Morgan fingerprint density at radius 2 is 1.02 bits per heavy atom. The Balaban J connectivity index is 4.36. The number of esters is 2. The number of carboxylic acids is 1. The summed E-state index contributed by atoms with van der Waals surface area (Å²) in [6.07, 6.45) is 44.4. The van der Waals surface area contributed by atoms with Gasteiger partial charge in [-0.1, -0.05) is 140 Å². The minimum atomic E-state index is -0.881. The van der Waals surface area contributed by atoms with Crippen LogP contribution in [0.1, 0.15) is 181 Å². The van der Waals surface area contributed by atoms with Crippen LogP contribution in [0.4, 0.5) is 0 Å². The summed E-state index contributed by atoms with van der Waals surface area (Å²) in [5.74, 6) is -1.50. The molecule has 2 atom stereocenters. The first-order valence-electron chi connectivity index (χ1n) is 22.2. The maximum atomic E-state index is 12.7. The lowest BCUT2D eigenvalue weighted by Gasteiger charge is -2.31. The van der Waals surface area contributed by atoms with Crippen molar-refractivity contribution in [2.24, 2.45) is 0 Å². The molecule has 0 aromatic heterocycles. The highest BCUT2D eigenvalue weighted by atomic mass is 16.6. The number of unbranched alkanes of at least 4 members (excludes halogenated alkanes) is 17. The van der Waals surface area contributed by atoms with E-state index in [-0.39, 0.29) is 36.2 Å². The Hall–Kier alpha value is -2.71. The van der Waals surface area contributed by atoms with E-state index in [2.05, 4.69) is 62.5 Å². The van der Waals surface area contributed by atoms with Gasteiger partial charge in [0.1, 0.15) is 6.61 Å². The van der Waals surface area contributed by atoms with E-state index in [0.717, 1.165) is 70.6 Å². The number of ether oxygens (including phenoxy) is 3. The second-order valence-corrected chi connectivity index (χ2v) is 15.9. The number of carbonyl (C=O) groups is 3. The van der Waals surface area contributed by atoms with Gasteiger partial charge in [0.25, 0.3) is 0 Å². The average molecular weight is 775 g/mol. The van der Waals surface area contributed by atoms with Crippen molar-refractivity contribution in [3.63, 3.8) is 0 Å². The second-order valence-electron chi connectivity index (χ2n) is 15.9. The van der Waals surface area contributed by atoms with Crippen molar-refractivity contribution in [3.8, 4) is 0 Å². The molecule has 0 aliphatic carbocycles. The van der Waals surface area contributed by atoms with Gasteiger partial charge in [0.2, 0.25) is 0 Å². The fourth-order valence-corrected chi connectivity index (χ4v) is 6.28. The van der Waals surface area contributed by atoms with Gasteiger partial charge in [0.15, 0.2) is 12.1 Å². The summed E-state index contributed by atoms with van der Waals surface area (Å²) >= 11 is 0.